The quantitative estimate of drug-likeness (QED) is 0.675. The van der Waals surface area contributed by atoms with Crippen molar-refractivity contribution in [3.63, 3.8) is 0 Å². The van der Waals surface area contributed by atoms with Crippen molar-refractivity contribution in [3.05, 3.63) is 0 Å². The van der Waals surface area contributed by atoms with Crippen molar-refractivity contribution in [2.45, 2.75) is 38.7 Å². The molecular weight excluding hydrogens is 236 g/mol. The van der Waals surface area contributed by atoms with Gasteiger partial charge in [0.05, 0.1) is 6.10 Å². The second kappa shape index (κ2) is 7.20. The van der Waals surface area contributed by atoms with Gasteiger partial charge in [-0.15, -0.1) is 0 Å². The molecule has 1 aliphatic rings. The van der Waals surface area contributed by atoms with E-state index in [1.807, 2.05) is 6.92 Å². The van der Waals surface area contributed by atoms with Gasteiger partial charge in [-0.05, 0) is 18.8 Å². The van der Waals surface area contributed by atoms with Crippen LogP contribution < -0.4 is 5.32 Å². The zero-order valence-electron chi connectivity index (χ0n) is 10.8. The molecule has 0 aromatic rings. The fraction of sp³-hybridized carbons (Fsp3) is 0.833. The van der Waals surface area contributed by atoms with Gasteiger partial charge in [-0.2, -0.15) is 0 Å². The Morgan fingerprint density at radius 2 is 2.00 bits per heavy atom. The van der Waals surface area contributed by atoms with Gasteiger partial charge in [-0.3, -0.25) is 4.79 Å². The average molecular weight is 258 g/mol. The molecule has 0 aromatic carbocycles. The van der Waals surface area contributed by atoms with E-state index >= 15 is 0 Å². The Morgan fingerprint density at radius 1 is 1.39 bits per heavy atom. The fourth-order valence-corrected chi connectivity index (χ4v) is 2.02. The zero-order chi connectivity index (χ0) is 13.5. The lowest BCUT2D eigenvalue weighted by atomic mass is 10.0. The molecule has 6 nitrogen and oxygen atoms in total. The number of aliphatic hydroxyl groups excluding tert-OH is 1. The number of aliphatic carboxylic acids is 1. The Balaban J connectivity index is 2.29. The molecular formula is C12H22N2O4. The molecule has 1 rings (SSSR count). The second-order valence-electron chi connectivity index (χ2n) is 4.78. The highest BCUT2D eigenvalue weighted by Gasteiger charge is 2.21. The summed E-state index contributed by atoms with van der Waals surface area (Å²) in [6.07, 6.45) is 1.73. The van der Waals surface area contributed by atoms with Crippen molar-refractivity contribution in [3.8, 4) is 0 Å². The van der Waals surface area contributed by atoms with Crippen molar-refractivity contribution in [1.29, 1.82) is 0 Å². The van der Waals surface area contributed by atoms with Crippen LogP contribution in [0.3, 0.4) is 0 Å². The Hall–Kier alpha value is -1.30. The van der Waals surface area contributed by atoms with Crippen molar-refractivity contribution in [2.24, 2.45) is 5.92 Å². The number of nitrogens with one attached hydrogen (secondary N) is 1. The van der Waals surface area contributed by atoms with Crippen LogP contribution in [0.4, 0.5) is 4.79 Å². The SMILES string of the molecule is CCC(CNC(=O)N1CCC(O)CC1)CC(=O)O. The summed E-state index contributed by atoms with van der Waals surface area (Å²) < 4.78 is 0. The van der Waals surface area contributed by atoms with Gasteiger partial charge < -0.3 is 20.4 Å². The minimum absolute atomic E-state index is 0.0261. The van der Waals surface area contributed by atoms with Gasteiger partial charge in [0.15, 0.2) is 0 Å². The largest absolute Gasteiger partial charge is 0.481 e. The molecule has 3 N–H and O–H groups in total. The Labute approximate surface area is 107 Å². The number of carboxylic acid groups (broad SMARTS) is 1. The van der Waals surface area contributed by atoms with Crippen LogP contribution in [0.5, 0.6) is 0 Å². The number of likely N-dealkylation sites (tertiary alicyclic amines) is 1. The van der Waals surface area contributed by atoms with Gasteiger partial charge in [0.1, 0.15) is 0 Å². The van der Waals surface area contributed by atoms with Crippen molar-refractivity contribution < 1.29 is 19.8 Å². The fourth-order valence-electron chi connectivity index (χ4n) is 2.02. The third-order valence-electron chi connectivity index (χ3n) is 3.33. The lowest BCUT2D eigenvalue weighted by Gasteiger charge is -2.30. The van der Waals surface area contributed by atoms with Crippen LogP contribution in [0.1, 0.15) is 32.6 Å². The van der Waals surface area contributed by atoms with Gasteiger partial charge in [-0.25, -0.2) is 4.79 Å². The van der Waals surface area contributed by atoms with E-state index in [0.29, 0.717) is 32.5 Å². The van der Waals surface area contributed by atoms with Gasteiger partial charge >= 0.3 is 12.0 Å². The van der Waals surface area contributed by atoms with E-state index in [-0.39, 0.29) is 24.5 Å². The number of nitrogens with zero attached hydrogens (tertiary/aromatic N) is 1. The summed E-state index contributed by atoms with van der Waals surface area (Å²) in [5.41, 5.74) is 0. The first-order valence-electron chi connectivity index (χ1n) is 6.45. The molecule has 1 saturated heterocycles. The summed E-state index contributed by atoms with van der Waals surface area (Å²) in [4.78, 5) is 24.1. The summed E-state index contributed by atoms with van der Waals surface area (Å²) in [6, 6.07) is -0.161. The number of aliphatic hydroxyl groups is 1. The summed E-state index contributed by atoms with van der Waals surface area (Å²) in [6.45, 7) is 3.42. The van der Waals surface area contributed by atoms with Gasteiger partial charge in [0.2, 0.25) is 0 Å². The minimum Gasteiger partial charge on any atom is -0.481 e. The Bertz CT molecular complexity index is 288. The van der Waals surface area contributed by atoms with Crippen LogP contribution in [0, 0.1) is 5.92 Å². The van der Waals surface area contributed by atoms with Gasteiger partial charge in [0.25, 0.3) is 0 Å². The molecule has 104 valence electrons. The summed E-state index contributed by atoms with van der Waals surface area (Å²) >= 11 is 0. The molecule has 1 unspecified atom stereocenters. The summed E-state index contributed by atoms with van der Waals surface area (Å²) in [7, 11) is 0. The third kappa shape index (κ3) is 4.91. The second-order valence-corrected chi connectivity index (χ2v) is 4.78. The third-order valence-corrected chi connectivity index (χ3v) is 3.33. The monoisotopic (exact) mass is 258 g/mol. The first-order valence-corrected chi connectivity index (χ1v) is 6.45. The Morgan fingerprint density at radius 3 is 2.50 bits per heavy atom. The summed E-state index contributed by atoms with van der Waals surface area (Å²) in [5.74, 6) is -0.862. The van der Waals surface area contributed by atoms with E-state index in [4.69, 9.17) is 5.11 Å². The van der Waals surface area contributed by atoms with Crippen LogP contribution in [0.15, 0.2) is 0 Å². The van der Waals surface area contributed by atoms with Gasteiger partial charge in [0, 0.05) is 26.1 Å². The van der Waals surface area contributed by atoms with Crippen molar-refractivity contribution >= 4 is 12.0 Å². The van der Waals surface area contributed by atoms with Crippen LogP contribution in [-0.2, 0) is 4.79 Å². The highest BCUT2D eigenvalue weighted by atomic mass is 16.4. The average Bonchev–Trinajstić information content (AvgIpc) is 2.34. The van der Waals surface area contributed by atoms with Crippen LogP contribution in [0.2, 0.25) is 0 Å². The van der Waals surface area contributed by atoms with E-state index in [1.165, 1.54) is 0 Å². The molecule has 0 spiro atoms. The number of carbonyl (C=O) groups excluding carboxylic acids is 1. The standard InChI is InChI=1S/C12H22N2O4/c1-2-9(7-11(16)17)8-13-12(18)14-5-3-10(15)4-6-14/h9-10,15H,2-8H2,1H3,(H,13,18)(H,16,17). The van der Waals surface area contributed by atoms with E-state index in [9.17, 15) is 14.7 Å². The summed E-state index contributed by atoms with van der Waals surface area (Å²) in [5, 5.41) is 20.8. The maximum Gasteiger partial charge on any atom is 0.317 e. The number of hydrogen-bond donors (Lipinski definition) is 3. The number of carboxylic acids is 1. The molecule has 0 radical (unpaired) electrons. The lowest BCUT2D eigenvalue weighted by molar-refractivity contribution is -0.138. The molecule has 1 atom stereocenters. The highest BCUT2D eigenvalue weighted by molar-refractivity contribution is 5.74. The van der Waals surface area contributed by atoms with Crippen molar-refractivity contribution in [2.75, 3.05) is 19.6 Å². The molecule has 0 bridgehead atoms. The number of rotatable bonds is 5. The predicted octanol–water partition coefficient (Wildman–Crippen LogP) is 0.654. The molecule has 2 amide bonds. The smallest absolute Gasteiger partial charge is 0.317 e. The maximum absolute atomic E-state index is 11.8. The molecule has 0 aliphatic carbocycles. The van der Waals surface area contributed by atoms with Crippen LogP contribution >= 0.6 is 0 Å². The number of hydrogen-bond acceptors (Lipinski definition) is 3. The van der Waals surface area contributed by atoms with Crippen molar-refractivity contribution in [1.82, 2.24) is 10.2 Å². The normalized spacial score (nSPS) is 18.4. The van der Waals surface area contributed by atoms with Gasteiger partial charge in [-0.1, -0.05) is 13.3 Å². The van der Waals surface area contributed by atoms with Crippen LogP contribution in [-0.4, -0.2) is 52.9 Å². The molecule has 6 heteroatoms. The topological polar surface area (TPSA) is 89.9 Å². The zero-order valence-corrected chi connectivity index (χ0v) is 10.8. The number of amides is 2. The maximum atomic E-state index is 11.8. The predicted molar refractivity (Wildman–Crippen MR) is 66.2 cm³/mol. The van der Waals surface area contributed by atoms with Crippen LogP contribution in [0.25, 0.3) is 0 Å². The first kappa shape index (κ1) is 14.8. The highest BCUT2D eigenvalue weighted by Crippen LogP contribution is 2.11. The Kier molecular flexibility index (Phi) is 5.91. The minimum atomic E-state index is -0.836. The molecule has 1 fully saturated rings. The van der Waals surface area contributed by atoms with E-state index in [0.717, 1.165) is 6.42 Å². The lowest BCUT2D eigenvalue weighted by Crippen LogP contribution is -2.46. The molecule has 18 heavy (non-hydrogen) atoms. The number of piperidine rings is 1. The van der Waals surface area contributed by atoms with E-state index in [1.54, 1.807) is 4.90 Å². The van der Waals surface area contributed by atoms with E-state index < -0.39 is 5.97 Å². The molecule has 0 aromatic heterocycles. The number of urea groups is 1. The molecule has 1 heterocycles. The number of carbonyl (C=O) groups is 2. The van der Waals surface area contributed by atoms with E-state index in [2.05, 4.69) is 5.32 Å². The molecule has 0 saturated carbocycles. The molecule has 1 aliphatic heterocycles. The first-order chi connectivity index (χ1) is 8.52.